The van der Waals surface area contributed by atoms with Crippen molar-refractivity contribution in [2.24, 2.45) is 5.92 Å². The van der Waals surface area contributed by atoms with Gasteiger partial charge in [-0.2, -0.15) is 18.2 Å². The van der Waals surface area contributed by atoms with Crippen molar-refractivity contribution in [1.29, 1.82) is 0 Å². The highest BCUT2D eigenvalue weighted by molar-refractivity contribution is 7.21. The van der Waals surface area contributed by atoms with E-state index in [0.29, 0.717) is 22.7 Å². The number of thiazole rings is 1. The molecular formula is C23H29F3N6O3S. The van der Waals surface area contributed by atoms with Crippen molar-refractivity contribution in [2.45, 2.75) is 70.6 Å². The van der Waals surface area contributed by atoms with Gasteiger partial charge >= 0.3 is 6.18 Å². The average Bonchev–Trinajstić information content (AvgIpc) is 3.33. The van der Waals surface area contributed by atoms with Crippen LogP contribution in [0.25, 0.3) is 20.8 Å². The number of anilines is 2. The van der Waals surface area contributed by atoms with E-state index in [9.17, 15) is 28.5 Å². The number of fused-ring (bicyclic) bond motifs is 1. The predicted octanol–water partition coefficient (Wildman–Crippen LogP) is 3.29. The Kier molecular flexibility index (Phi) is 7.12. The maximum atomic E-state index is 12.8. The Morgan fingerprint density at radius 3 is 2.47 bits per heavy atom. The number of halogens is 3. The van der Waals surface area contributed by atoms with Crippen LogP contribution in [-0.4, -0.2) is 71.8 Å². The Bertz CT molecular complexity index is 1250. The number of aryl methyl sites for hydroxylation is 2. The van der Waals surface area contributed by atoms with E-state index in [-0.39, 0.29) is 18.2 Å². The number of aliphatic hydroxyl groups is 3. The summed E-state index contributed by atoms with van der Waals surface area (Å²) in [7, 11) is 0. The fourth-order valence-electron chi connectivity index (χ4n) is 4.52. The van der Waals surface area contributed by atoms with Crippen LogP contribution in [0.4, 0.5) is 24.9 Å². The van der Waals surface area contributed by atoms with Gasteiger partial charge in [-0.05, 0) is 39.7 Å². The Hall–Kier alpha value is -2.61. The van der Waals surface area contributed by atoms with Crippen molar-refractivity contribution in [3.8, 4) is 10.6 Å². The molecule has 1 saturated carbocycles. The van der Waals surface area contributed by atoms with Crippen molar-refractivity contribution < 1.29 is 28.5 Å². The molecule has 1 fully saturated rings. The summed E-state index contributed by atoms with van der Waals surface area (Å²) in [4.78, 5) is 17.6. The van der Waals surface area contributed by atoms with Gasteiger partial charge in [-0.1, -0.05) is 6.92 Å². The summed E-state index contributed by atoms with van der Waals surface area (Å²) in [6.45, 7) is 5.40. The SMILES string of the molecule is CCc1nccc2sc(-c3c(C)nc(NCC(F)(F)F)nc3N[C@@H]3C[C@H](C(C)(C)O)[C@@H](O)[C@H]3O)nc12. The zero-order valence-electron chi connectivity index (χ0n) is 20.3. The summed E-state index contributed by atoms with van der Waals surface area (Å²) >= 11 is 1.37. The van der Waals surface area contributed by atoms with Crippen LogP contribution >= 0.6 is 11.3 Å². The molecule has 5 N–H and O–H groups in total. The zero-order chi connectivity index (χ0) is 26.4. The second-order valence-electron chi connectivity index (χ2n) is 9.53. The lowest BCUT2D eigenvalue weighted by molar-refractivity contribution is -0.115. The number of aromatic nitrogens is 4. The molecule has 0 radical (unpaired) electrons. The van der Waals surface area contributed by atoms with Crippen molar-refractivity contribution in [3.05, 3.63) is 23.7 Å². The van der Waals surface area contributed by atoms with Gasteiger partial charge in [0.05, 0.1) is 39.4 Å². The van der Waals surface area contributed by atoms with Crippen LogP contribution in [0.3, 0.4) is 0 Å². The number of hydrogen-bond donors (Lipinski definition) is 5. The van der Waals surface area contributed by atoms with Crippen LogP contribution in [0.15, 0.2) is 12.3 Å². The number of pyridine rings is 1. The molecule has 1 aliphatic rings. The standard InChI is InChI=1S/C23H29F3N6O3S/c1-5-12-16-14(6-7-27-12)36-20(31-16)15-10(2)29-21(28-9-23(24,25)26)32-19(15)30-13-8-11(22(3,4)35)17(33)18(13)34/h6-7,11,13,17-18,33-35H,5,8-9H2,1-4H3,(H2,28,29,30,32)/t11-,13+,17+,18-/m0/s1. The van der Waals surface area contributed by atoms with Gasteiger partial charge < -0.3 is 26.0 Å². The lowest BCUT2D eigenvalue weighted by Gasteiger charge is -2.28. The second-order valence-corrected chi connectivity index (χ2v) is 10.6. The molecule has 0 aliphatic heterocycles. The van der Waals surface area contributed by atoms with Crippen LogP contribution in [0.1, 0.15) is 38.6 Å². The topological polar surface area (TPSA) is 136 Å². The van der Waals surface area contributed by atoms with Crippen molar-refractivity contribution in [2.75, 3.05) is 17.2 Å². The Labute approximate surface area is 209 Å². The van der Waals surface area contributed by atoms with E-state index in [1.165, 1.54) is 11.3 Å². The van der Waals surface area contributed by atoms with Gasteiger partial charge in [-0.25, -0.2) is 9.97 Å². The maximum absolute atomic E-state index is 12.8. The summed E-state index contributed by atoms with van der Waals surface area (Å²) in [5.74, 6) is -0.690. The molecule has 0 saturated heterocycles. The predicted molar refractivity (Wildman–Crippen MR) is 131 cm³/mol. The van der Waals surface area contributed by atoms with E-state index >= 15 is 0 Å². The minimum absolute atomic E-state index is 0.171. The number of alkyl halides is 3. The number of nitrogens with one attached hydrogen (secondary N) is 2. The first-order valence-electron chi connectivity index (χ1n) is 11.6. The summed E-state index contributed by atoms with van der Waals surface area (Å²) in [6, 6.07) is 1.12. The van der Waals surface area contributed by atoms with Crippen LogP contribution in [-0.2, 0) is 6.42 Å². The number of rotatable bonds is 7. The van der Waals surface area contributed by atoms with Crippen LogP contribution in [0.5, 0.6) is 0 Å². The van der Waals surface area contributed by atoms with Crippen LogP contribution in [0.2, 0.25) is 0 Å². The monoisotopic (exact) mass is 526 g/mol. The Morgan fingerprint density at radius 1 is 1.14 bits per heavy atom. The summed E-state index contributed by atoms with van der Waals surface area (Å²) in [5.41, 5.74) is 1.15. The van der Waals surface area contributed by atoms with Gasteiger partial charge in [0.2, 0.25) is 5.95 Å². The lowest BCUT2D eigenvalue weighted by atomic mass is 9.88. The second kappa shape index (κ2) is 9.69. The minimum Gasteiger partial charge on any atom is -0.390 e. The lowest BCUT2D eigenvalue weighted by Crippen LogP contribution is -2.40. The smallest absolute Gasteiger partial charge is 0.390 e. The first-order chi connectivity index (χ1) is 16.8. The molecule has 196 valence electrons. The van der Waals surface area contributed by atoms with Crippen molar-refractivity contribution in [1.82, 2.24) is 19.9 Å². The zero-order valence-corrected chi connectivity index (χ0v) is 21.1. The van der Waals surface area contributed by atoms with E-state index in [4.69, 9.17) is 4.98 Å². The first-order valence-corrected chi connectivity index (χ1v) is 12.4. The minimum atomic E-state index is -4.47. The third kappa shape index (κ3) is 5.38. The largest absolute Gasteiger partial charge is 0.405 e. The average molecular weight is 527 g/mol. The van der Waals surface area contributed by atoms with Crippen LogP contribution in [0, 0.1) is 12.8 Å². The number of nitrogens with zero attached hydrogens (tertiary/aromatic N) is 4. The molecule has 9 nitrogen and oxygen atoms in total. The highest BCUT2D eigenvalue weighted by Gasteiger charge is 2.48. The molecule has 4 rings (SSSR count). The molecular weight excluding hydrogens is 497 g/mol. The molecule has 3 aromatic heterocycles. The fraction of sp³-hybridized carbons (Fsp3) is 0.565. The number of hydrogen-bond acceptors (Lipinski definition) is 10. The molecule has 0 spiro atoms. The Morgan fingerprint density at radius 2 is 1.86 bits per heavy atom. The van der Waals surface area contributed by atoms with E-state index in [2.05, 4.69) is 25.6 Å². The molecule has 0 unspecified atom stereocenters. The van der Waals surface area contributed by atoms with Gasteiger partial charge in [0.25, 0.3) is 0 Å². The third-order valence-electron chi connectivity index (χ3n) is 6.38. The molecule has 3 heterocycles. The molecule has 36 heavy (non-hydrogen) atoms. The molecule has 3 aromatic rings. The molecule has 1 aliphatic carbocycles. The Balaban J connectivity index is 1.77. The van der Waals surface area contributed by atoms with E-state index < -0.39 is 42.5 Å². The highest BCUT2D eigenvalue weighted by atomic mass is 32.1. The molecule has 0 amide bonds. The first kappa shape index (κ1) is 26.5. The van der Waals surface area contributed by atoms with Gasteiger partial charge in [-0.3, -0.25) is 4.98 Å². The summed E-state index contributed by atoms with van der Waals surface area (Å²) in [6.07, 6.45) is -4.32. The molecule has 4 atom stereocenters. The highest BCUT2D eigenvalue weighted by Crippen LogP contribution is 2.40. The summed E-state index contributed by atoms with van der Waals surface area (Å²) < 4.78 is 39.3. The van der Waals surface area contributed by atoms with Crippen molar-refractivity contribution in [3.63, 3.8) is 0 Å². The molecule has 0 bridgehead atoms. The van der Waals surface area contributed by atoms with Gasteiger partial charge in [0.1, 0.15) is 29.0 Å². The maximum Gasteiger partial charge on any atom is 0.405 e. The molecule has 0 aromatic carbocycles. The van der Waals surface area contributed by atoms with Gasteiger partial charge in [-0.15, -0.1) is 11.3 Å². The van der Waals surface area contributed by atoms with E-state index in [1.807, 2.05) is 13.0 Å². The van der Waals surface area contributed by atoms with Gasteiger partial charge in [0, 0.05) is 12.1 Å². The number of aliphatic hydroxyl groups excluding tert-OH is 2. The van der Waals surface area contributed by atoms with Crippen LogP contribution < -0.4 is 10.6 Å². The van der Waals surface area contributed by atoms with E-state index in [1.54, 1.807) is 27.0 Å². The third-order valence-corrected chi connectivity index (χ3v) is 7.42. The summed E-state index contributed by atoms with van der Waals surface area (Å²) in [5, 5.41) is 37.5. The fourth-order valence-corrected chi connectivity index (χ4v) is 5.60. The van der Waals surface area contributed by atoms with Gasteiger partial charge in [0.15, 0.2) is 0 Å². The van der Waals surface area contributed by atoms with E-state index in [0.717, 1.165) is 15.9 Å². The van der Waals surface area contributed by atoms with Crippen molar-refractivity contribution >= 4 is 33.3 Å². The molecule has 13 heteroatoms. The quantitative estimate of drug-likeness (QED) is 0.314. The normalized spacial score (nSPS) is 22.8.